The highest BCUT2D eigenvalue weighted by Gasteiger charge is 2.45. The van der Waals surface area contributed by atoms with Crippen LogP contribution < -0.4 is 4.90 Å². The Morgan fingerprint density at radius 3 is 2.42 bits per heavy atom. The minimum Gasteiger partial charge on any atom is -0.503 e. The Bertz CT molecular complexity index is 903. The Morgan fingerprint density at radius 2 is 1.81 bits per heavy atom. The molecule has 2 aromatic carbocycles. The van der Waals surface area contributed by atoms with Crippen LogP contribution in [0.15, 0.2) is 59.9 Å². The lowest BCUT2D eigenvalue weighted by atomic mass is 9.91. The predicted molar refractivity (Wildman–Crippen MR) is 102 cm³/mol. The van der Waals surface area contributed by atoms with E-state index in [4.69, 9.17) is 11.6 Å². The van der Waals surface area contributed by atoms with E-state index in [0.717, 1.165) is 11.1 Å². The molecule has 0 aromatic heterocycles. The molecular formula is C21H20ClNO3. The standard InChI is InChI=1S/C21H20ClNO3/c1-12(2)19(24)17-18(14-7-5-4-6-8-14)23(21(26)20(17)25)16-11-15(22)10-9-13(16)3/h4-12,18,25H,1-3H3. The number of carbonyl (C=O) groups is 2. The number of ketones is 1. The van der Waals surface area contributed by atoms with Crippen molar-refractivity contribution < 1.29 is 14.7 Å². The highest BCUT2D eigenvalue weighted by atomic mass is 35.5. The van der Waals surface area contributed by atoms with Crippen molar-refractivity contribution in [2.75, 3.05) is 4.90 Å². The number of aryl methyl sites for hydroxylation is 1. The van der Waals surface area contributed by atoms with Gasteiger partial charge in [-0.3, -0.25) is 14.5 Å². The van der Waals surface area contributed by atoms with Gasteiger partial charge in [-0.15, -0.1) is 0 Å². The molecule has 0 bridgehead atoms. The van der Waals surface area contributed by atoms with Gasteiger partial charge in [-0.1, -0.05) is 61.8 Å². The molecule has 0 aliphatic carbocycles. The predicted octanol–water partition coefficient (Wildman–Crippen LogP) is 4.77. The van der Waals surface area contributed by atoms with Crippen LogP contribution >= 0.6 is 11.6 Å². The van der Waals surface area contributed by atoms with Crippen molar-refractivity contribution in [3.8, 4) is 0 Å². The van der Waals surface area contributed by atoms with Crippen molar-refractivity contribution in [3.05, 3.63) is 76.0 Å². The van der Waals surface area contributed by atoms with Gasteiger partial charge >= 0.3 is 0 Å². The Hall–Kier alpha value is -2.59. The maximum absolute atomic E-state index is 12.9. The molecule has 1 amide bonds. The van der Waals surface area contributed by atoms with Gasteiger partial charge in [-0.05, 0) is 30.2 Å². The van der Waals surface area contributed by atoms with Crippen LogP contribution in [0.25, 0.3) is 0 Å². The number of carbonyl (C=O) groups excluding carboxylic acids is 2. The molecule has 2 aromatic rings. The van der Waals surface area contributed by atoms with E-state index >= 15 is 0 Å². The monoisotopic (exact) mass is 369 g/mol. The van der Waals surface area contributed by atoms with E-state index in [1.165, 1.54) is 4.90 Å². The number of Topliss-reactive ketones (excluding diaryl/α,β-unsaturated/α-hetero) is 1. The van der Waals surface area contributed by atoms with E-state index in [0.29, 0.717) is 10.7 Å². The number of nitrogens with zero attached hydrogens (tertiary/aromatic N) is 1. The number of anilines is 1. The molecule has 0 saturated carbocycles. The largest absolute Gasteiger partial charge is 0.503 e. The molecule has 0 fully saturated rings. The minimum atomic E-state index is -0.684. The lowest BCUT2D eigenvalue weighted by molar-refractivity contribution is -0.119. The fraction of sp³-hybridized carbons (Fsp3) is 0.238. The second-order valence-electron chi connectivity index (χ2n) is 6.70. The molecule has 3 rings (SSSR count). The summed E-state index contributed by atoms with van der Waals surface area (Å²) in [5.41, 5.74) is 2.30. The molecule has 1 aliphatic heterocycles. The maximum atomic E-state index is 12.9. The number of hydrogen-bond donors (Lipinski definition) is 1. The van der Waals surface area contributed by atoms with Gasteiger partial charge < -0.3 is 5.11 Å². The molecule has 134 valence electrons. The quantitative estimate of drug-likeness (QED) is 0.844. The second kappa shape index (κ2) is 6.96. The number of aliphatic hydroxyl groups is 1. The summed E-state index contributed by atoms with van der Waals surface area (Å²) in [6.45, 7) is 5.37. The summed E-state index contributed by atoms with van der Waals surface area (Å²) in [5.74, 6) is -1.66. The summed E-state index contributed by atoms with van der Waals surface area (Å²) in [7, 11) is 0. The zero-order chi connectivity index (χ0) is 19.0. The van der Waals surface area contributed by atoms with Crippen LogP contribution in [0.2, 0.25) is 5.02 Å². The average molecular weight is 370 g/mol. The summed E-state index contributed by atoms with van der Waals surface area (Å²) >= 11 is 6.14. The van der Waals surface area contributed by atoms with Crippen LogP contribution in [-0.2, 0) is 9.59 Å². The van der Waals surface area contributed by atoms with Crippen LogP contribution in [0.3, 0.4) is 0 Å². The van der Waals surface area contributed by atoms with E-state index in [9.17, 15) is 14.7 Å². The maximum Gasteiger partial charge on any atom is 0.294 e. The Labute approximate surface area is 157 Å². The first kappa shape index (κ1) is 18.2. The fourth-order valence-electron chi connectivity index (χ4n) is 3.21. The van der Waals surface area contributed by atoms with E-state index in [2.05, 4.69) is 0 Å². The van der Waals surface area contributed by atoms with Crippen molar-refractivity contribution in [1.29, 1.82) is 0 Å². The number of amides is 1. The summed E-state index contributed by atoms with van der Waals surface area (Å²) in [6, 6.07) is 13.8. The van der Waals surface area contributed by atoms with E-state index < -0.39 is 17.7 Å². The molecule has 1 aliphatic rings. The van der Waals surface area contributed by atoms with Crippen LogP contribution in [0, 0.1) is 12.8 Å². The van der Waals surface area contributed by atoms with Gasteiger partial charge in [0, 0.05) is 16.6 Å². The summed E-state index contributed by atoms with van der Waals surface area (Å²) in [6.07, 6.45) is 0. The van der Waals surface area contributed by atoms with Gasteiger partial charge in [0.2, 0.25) is 0 Å². The van der Waals surface area contributed by atoms with Gasteiger partial charge in [-0.25, -0.2) is 0 Å². The van der Waals surface area contributed by atoms with Crippen molar-refractivity contribution >= 4 is 29.0 Å². The summed E-state index contributed by atoms with van der Waals surface area (Å²) in [4.78, 5) is 27.2. The van der Waals surface area contributed by atoms with Crippen LogP contribution in [-0.4, -0.2) is 16.8 Å². The highest BCUT2D eigenvalue weighted by molar-refractivity contribution is 6.31. The van der Waals surface area contributed by atoms with Crippen molar-refractivity contribution in [1.82, 2.24) is 0 Å². The third kappa shape index (κ3) is 3.01. The van der Waals surface area contributed by atoms with Gasteiger partial charge in [0.1, 0.15) is 0 Å². The van der Waals surface area contributed by atoms with Crippen molar-refractivity contribution in [2.24, 2.45) is 5.92 Å². The molecule has 1 heterocycles. The zero-order valence-electron chi connectivity index (χ0n) is 14.9. The highest BCUT2D eigenvalue weighted by Crippen LogP contribution is 2.43. The number of halogens is 1. The minimum absolute atomic E-state index is 0.135. The fourth-order valence-corrected chi connectivity index (χ4v) is 3.38. The third-order valence-corrected chi connectivity index (χ3v) is 4.78. The zero-order valence-corrected chi connectivity index (χ0v) is 15.6. The Balaban J connectivity index is 2.23. The Morgan fingerprint density at radius 1 is 1.15 bits per heavy atom. The second-order valence-corrected chi connectivity index (χ2v) is 7.14. The summed E-state index contributed by atoms with van der Waals surface area (Å²) in [5, 5.41) is 11.0. The molecule has 5 heteroatoms. The van der Waals surface area contributed by atoms with Crippen LogP contribution in [0.5, 0.6) is 0 Å². The number of rotatable bonds is 4. The van der Waals surface area contributed by atoms with Gasteiger partial charge in [-0.2, -0.15) is 0 Å². The van der Waals surface area contributed by atoms with Gasteiger partial charge in [0.25, 0.3) is 5.91 Å². The van der Waals surface area contributed by atoms with E-state index in [-0.39, 0.29) is 17.3 Å². The van der Waals surface area contributed by atoms with E-state index in [1.54, 1.807) is 26.0 Å². The molecule has 0 spiro atoms. The third-order valence-electron chi connectivity index (χ3n) is 4.54. The first-order chi connectivity index (χ1) is 12.3. The van der Waals surface area contributed by atoms with Crippen molar-refractivity contribution in [2.45, 2.75) is 26.8 Å². The number of aliphatic hydroxyl groups excluding tert-OH is 1. The smallest absolute Gasteiger partial charge is 0.294 e. The van der Waals surface area contributed by atoms with Gasteiger partial charge in [0.05, 0.1) is 11.6 Å². The molecule has 0 radical (unpaired) electrons. The Kier molecular flexibility index (Phi) is 4.88. The first-order valence-electron chi connectivity index (χ1n) is 8.45. The van der Waals surface area contributed by atoms with Crippen molar-refractivity contribution in [3.63, 3.8) is 0 Å². The van der Waals surface area contributed by atoms with Crippen LogP contribution in [0.4, 0.5) is 5.69 Å². The summed E-state index contributed by atoms with van der Waals surface area (Å²) < 4.78 is 0. The molecule has 1 N–H and O–H groups in total. The van der Waals surface area contributed by atoms with Crippen LogP contribution in [0.1, 0.15) is 31.0 Å². The number of hydrogen-bond acceptors (Lipinski definition) is 3. The molecule has 0 saturated heterocycles. The molecule has 4 nitrogen and oxygen atoms in total. The SMILES string of the molecule is Cc1ccc(Cl)cc1N1C(=O)C(O)=C(C(=O)C(C)C)C1c1ccccc1. The molecule has 1 unspecified atom stereocenters. The molecule has 1 atom stereocenters. The molecular weight excluding hydrogens is 350 g/mol. The average Bonchev–Trinajstić information content (AvgIpc) is 2.88. The normalized spacial score (nSPS) is 17.3. The molecule has 26 heavy (non-hydrogen) atoms. The number of benzene rings is 2. The van der Waals surface area contributed by atoms with E-state index in [1.807, 2.05) is 43.3 Å². The lowest BCUT2D eigenvalue weighted by Gasteiger charge is -2.28. The first-order valence-corrected chi connectivity index (χ1v) is 8.82. The lowest BCUT2D eigenvalue weighted by Crippen LogP contribution is -2.32. The topological polar surface area (TPSA) is 57.6 Å². The van der Waals surface area contributed by atoms with Gasteiger partial charge in [0.15, 0.2) is 11.5 Å².